The number of aromatic nitrogens is 3. The molecular weight excluding hydrogens is 272 g/mol. The minimum absolute atomic E-state index is 0.780. The molecule has 0 saturated heterocycles. The predicted octanol–water partition coefficient (Wildman–Crippen LogP) is 3.76. The van der Waals surface area contributed by atoms with Gasteiger partial charge in [0.1, 0.15) is 0 Å². The lowest BCUT2D eigenvalue weighted by Crippen LogP contribution is -2.04. The Morgan fingerprint density at radius 3 is 2.64 bits per heavy atom. The van der Waals surface area contributed by atoms with Gasteiger partial charge < -0.3 is 5.32 Å². The lowest BCUT2D eigenvalue weighted by molar-refractivity contribution is 0.730. The number of fused-ring (bicyclic) bond motifs is 1. The molecule has 0 bridgehead atoms. The molecule has 2 heterocycles. The number of rotatable bonds is 4. The minimum Gasteiger partial charge on any atom is -0.380 e. The summed E-state index contributed by atoms with van der Waals surface area (Å²) in [5, 5.41) is 9.23. The lowest BCUT2D eigenvalue weighted by atomic mass is 10.1. The van der Waals surface area contributed by atoms with E-state index >= 15 is 0 Å². The number of nitrogens with one attached hydrogen (secondary N) is 1. The van der Waals surface area contributed by atoms with Gasteiger partial charge in [0.2, 0.25) is 0 Å². The first-order valence-corrected chi connectivity index (χ1v) is 7.71. The molecule has 0 aliphatic carbocycles. The summed E-state index contributed by atoms with van der Waals surface area (Å²) in [6.07, 6.45) is 0.935. The van der Waals surface area contributed by atoms with E-state index < -0.39 is 0 Å². The van der Waals surface area contributed by atoms with E-state index in [4.69, 9.17) is 4.98 Å². The van der Waals surface area contributed by atoms with E-state index in [2.05, 4.69) is 55.5 Å². The molecule has 3 aromatic rings. The van der Waals surface area contributed by atoms with Gasteiger partial charge in [-0.25, -0.2) is 0 Å². The highest BCUT2D eigenvalue weighted by Crippen LogP contribution is 2.24. The maximum atomic E-state index is 4.69. The summed E-state index contributed by atoms with van der Waals surface area (Å²) < 4.78 is 1.94. The van der Waals surface area contributed by atoms with Gasteiger partial charge in [-0.1, -0.05) is 25.1 Å². The summed E-state index contributed by atoms with van der Waals surface area (Å²) in [7, 11) is 1.99. The molecule has 0 aliphatic rings. The second-order valence-corrected chi connectivity index (χ2v) is 5.66. The molecule has 0 atom stereocenters. The smallest absolute Gasteiger partial charge is 0.0726 e. The Hall–Kier alpha value is -2.36. The molecule has 0 unspecified atom stereocenters. The highest BCUT2D eigenvalue weighted by Gasteiger charge is 2.10. The van der Waals surface area contributed by atoms with Gasteiger partial charge in [0.25, 0.3) is 0 Å². The largest absolute Gasteiger partial charge is 0.380 e. The van der Waals surface area contributed by atoms with Gasteiger partial charge in [-0.15, -0.1) is 0 Å². The molecule has 4 heteroatoms. The molecule has 0 fully saturated rings. The summed E-state index contributed by atoms with van der Waals surface area (Å²) in [5.41, 5.74) is 6.86. The van der Waals surface area contributed by atoms with Crippen molar-refractivity contribution < 1.29 is 0 Å². The standard InChI is InChI=1S/C18H22N4/c1-5-14-10-18(15-8-6-7-9-17(15)20-14)19-11-16-12(2)21-22(4)13(16)3/h6-10H,5,11H2,1-4H3,(H,19,20). The fourth-order valence-electron chi connectivity index (χ4n) is 2.81. The van der Waals surface area contributed by atoms with Crippen LogP contribution in [0.3, 0.4) is 0 Å². The number of hydrogen-bond acceptors (Lipinski definition) is 3. The van der Waals surface area contributed by atoms with Crippen molar-refractivity contribution in [3.63, 3.8) is 0 Å². The van der Waals surface area contributed by atoms with Crippen molar-refractivity contribution in [2.24, 2.45) is 7.05 Å². The summed E-state index contributed by atoms with van der Waals surface area (Å²) in [6, 6.07) is 10.4. The van der Waals surface area contributed by atoms with Gasteiger partial charge in [0.05, 0.1) is 11.2 Å². The van der Waals surface area contributed by atoms with Gasteiger partial charge in [0.15, 0.2) is 0 Å². The number of aryl methyl sites for hydroxylation is 3. The van der Waals surface area contributed by atoms with E-state index in [0.717, 1.165) is 35.6 Å². The van der Waals surface area contributed by atoms with Crippen molar-refractivity contribution in [3.8, 4) is 0 Å². The Balaban J connectivity index is 1.96. The van der Waals surface area contributed by atoms with E-state index in [0.29, 0.717) is 0 Å². The molecule has 0 radical (unpaired) electrons. The van der Waals surface area contributed by atoms with Crippen LogP contribution in [-0.4, -0.2) is 14.8 Å². The maximum absolute atomic E-state index is 4.69. The molecule has 2 aromatic heterocycles. The third kappa shape index (κ3) is 2.56. The van der Waals surface area contributed by atoms with Crippen LogP contribution in [0.4, 0.5) is 5.69 Å². The number of benzene rings is 1. The molecular formula is C18H22N4. The average Bonchev–Trinajstić information content (AvgIpc) is 2.77. The Morgan fingerprint density at radius 1 is 1.18 bits per heavy atom. The van der Waals surface area contributed by atoms with Crippen molar-refractivity contribution in [1.29, 1.82) is 0 Å². The molecule has 3 rings (SSSR count). The number of hydrogen-bond donors (Lipinski definition) is 1. The van der Waals surface area contributed by atoms with Crippen molar-refractivity contribution in [2.75, 3.05) is 5.32 Å². The Bertz CT molecular complexity index is 817. The quantitative estimate of drug-likeness (QED) is 0.796. The van der Waals surface area contributed by atoms with Crippen LogP contribution in [0.2, 0.25) is 0 Å². The molecule has 0 aliphatic heterocycles. The fourth-order valence-corrected chi connectivity index (χ4v) is 2.81. The summed E-state index contributed by atoms with van der Waals surface area (Å²) in [5.74, 6) is 0. The van der Waals surface area contributed by atoms with Crippen LogP contribution in [0.15, 0.2) is 30.3 Å². The summed E-state index contributed by atoms with van der Waals surface area (Å²) >= 11 is 0. The van der Waals surface area contributed by atoms with Crippen LogP contribution in [0.1, 0.15) is 29.6 Å². The van der Waals surface area contributed by atoms with Crippen LogP contribution in [-0.2, 0) is 20.0 Å². The van der Waals surface area contributed by atoms with Crippen molar-refractivity contribution in [1.82, 2.24) is 14.8 Å². The fraction of sp³-hybridized carbons (Fsp3) is 0.333. The van der Waals surface area contributed by atoms with E-state index in [9.17, 15) is 0 Å². The Morgan fingerprint density at radius 2 is 1.95 bits per heavy atom. The first-order valence-electron chi connectivity index (χ1n) is 7.71. The maximum Gasteiger partial charge on any atom is 0.0726 e. The van der Waals surface area contributed by atoms with Gasteiger partial charge in [-0.05, 0) is 32.4 Å². The predicted molar refractivity (Wildman–Crippen MR) is 91.1 cm³/mol. The molecule has 0 saturated carbocycles. The average molecular weight is 294 g/mol. The van der Waals surface area contributed by atoms with Crippen LogP contribution in [0, 0.1) is 13.8 Å². The number of anilines is 1. The van der Waals surface area contributed by atoms with Crippen LogP contribution < -0.4 is 5.32 Å². The zero-order valence-electron chi connectivity index (χ0n) is 13.6. The minimum atomic E-state index is 0.780. The molecule has 4 nitrogen and oxygen atoms in total. The summed E-state index contributed by atoms with van der Waals surface area (Å²) in [6.45, 7) is 7.09. The van der Waals surface area contributed by atoms with Crippen LogP contribution in [0.5, 0.6) is 0 Å². The van der Waals surface area contributed by atoms with Gasteiger partial charge in [-0.2, -0.15) is 5.10 Å². The lowest BCUT2D eigenvalue weighted by Gasteiger charge is -2.12. The van der Waals surface area contributed by atoms with Crippen LogP contribution in [0.25, 0.3) is 10.9 Å². The number of para-hydroxylation sites is 1. The summed E-state index contributed by atoms with van der Waals surface area (Å²) in [4.78, 5) is 4.69. The van der Waals surface area contributed by atoms with Crippen molar-refractivity contribution in [3.05, 3.63) is 53.0 Å². The van der Waals surface area contributed by atoms with Crippen LogP contribution >= 0.6 is 0 Å². The number of nitrogens with zero attached hydrogens (tertiary/aromatic N) is 3. The van der Waals surface area contributed by atoms with E-state index in [1.165, 1.54) is 16.6 Å². The van der Waals surface area contributed by atoms with Crippen molar-refractivity contribution in [2.45, 2.75) is 33.7 Å². The second kappa shape index (κ2) is 5.79. The molecule has 114 valence electrons. The topological polar surface area (TPSA) is 42.7 Å². The molecule has 1 aromatic carbocycles. The zero-order valence-corrected chi connectivity index (χ0v) is 13.6. The molecule has 1 N–H and O–H groups in total. The van der Waals surface area contributed by atoms with E-state index in [1.54, 1.807) is 0 Å². The SMILES string of the molecule is CCc1cc(NCc2c(C)nn(C)c2C)c2ccccc2n1. The highest BCUT2D eigenvalue weighted by atomic mass is 15.3. The third-order valence-electron chi connectivity index (χ3n) is 4.25. The monoisotopic (exact) mass is 294 g/mol. The van der Waals surface area contributed by atoms with E-state index in [-0.39, 0.29) is 0 Å². The zero-order chi connectivity index (χ0) is 15.7. The normalized spacial score (nSPS) is 11.1. The first kappa shape index (κ1) is 14.6. The Kier molecular flexibility index (Phi) is 3.84. The van der Waals surface area contributed by atoms with Gasteiger partial charge >= 0.3 is 0 Å². The van der Waals surface area contributed by atoms with Crippen molar-refractivity contribution >= 4 is 16.6 Å². The third-order valence-corrected chi connectivity index (χ3v) is 4.25. The highest BCUT2D eigenvalue weighted by molar-refractivity contribution is 5.91. The van der Waals surface area contributed by atoms with Gasteiger partial charge in [0, 0.05) is 41.6 Å². The Labute approximate surface area is 131 Å². The molecule has 0 amide bonds. The van der Waals surface area contributed by atoms with E-state index in [1.807, 2.05) is 17.8 Å². The number of pyridine rings is 1. The molecule has 0 spiro atoms. The molecule has 22 heavy (non-hydrogen) atoms. The first-order chi connectivity index (χ1) is 10.6. The second-order valence-electron chi connectivity index (χ2n) is 5.66. The van der Waals surface area contributed by atoms with Gasteiger partial charge in [-0.3, -0.25) is 9.67 Å².